The maximum atomic E-state index is 11.4. The third-order valence-corrected chi connectivity index (χ3v) is 2.19. The van der Waals surface area contributed by atoms with Crippen molar-refractivity contribution in [3.63, 3.8) is 0 Å². The molecule has 3 heteroatoms. The summed E-state index contributed by atoms with van der Waals surface area (Å²) in [4.78, 5) is 24.9. The topological polar surface area (TPSA) is 49.9 Å². The Morgan fingerprint density at radius 3 is 2.46 bits per heavy atom. The molecule has 1 aromatic heterocycles. The zero-order valence-corrected chi connectivity index (χ0v) is 8.10. The molecule has 0 fully saturated rings. The SMILES string of the molecule is CCC(=O)c1c(C)[nH]c(C=O)c1C. The van der Waals surface area contributed by atoms with Crippen LogP contribution in [0, 0.1) is 13.8 Å². The number of H-pyrrole nitrogens is 1. The molecule has 1 rings (SSSR count). The van der Waals surface area contributed by atoms with Crippen molar-refractivity contribution in [1.29, 1.82) is 0 Å². The van der Waals surface area contributed by atoms with Gasteiger partial charge < -0.3 is 4.98 Å². The number of hydrogen-bond acceptors (Lipinski definition) is 2. The van der Waals surface area contributed by atoms with Gasteiger partial charge in [0, 0.05) is 17.7 Å². The summed E-state index contributed by atoms with van der Waals surface area (Å²) in [5.41, 5.74) is 2.73. The summed E-state index contributed by atoms with van der Waals surface area (Å²) < 4.78 is 0. The van der Waals surface area contributed by atoms with Gasteiger partial charge in [0.1, 0.15) is 0 Å². The fourth-order valence-electron chi connectivity index (χ4n) is 1.49. The number of carbonyl (C=O) groups is 2. The Morgan fingerprint density at radius 1 is 1.46 bits per heavy atom. The molecule has 70 valence electrons. The molecule has 0 radical (unpaired) electrons. The van der Waals surface area contributed by atoms with Gasteiger partial charge >= 0.3 is 0 Å². The molecule has 1 N–H and O–H groups in total. The van der Waals surface area contributed by atoms with Gasteiger partial charge in [-0.25, -0.2) is 0 Å². The molecular formula is C10H13NO2. The lowest BCUT2D eigenvalue weighted by Gasteiger charge is -1.97. The van der Waals surface area contributed by atoms with Crippen LogP contribution in [0.15, 0.2) is 0 Å². The van der Waals surface area contributed by atoms with Crippen LogP contribution in [0.4, 0.5) is 0 Å². The number of carbonyl (C=O) groups excluding carboxylic acids is 2. The highest BCUT2D eigenvalue weighted by molar-refractivity contribution is 6.00. The van der Waals surface area contributed by atoms with Crippen LogP contribution in [0.3, 0.4) is 0 Å². The molecule has 0 aliphatic rings. The van der Waals surface area contributed by atoms with Gasteiger partial charge in [0.25, 0.3) is 0 Å². The lowest BCUT2D eigenvalue weighted by Crippen LogP contribution is -1.99. The third kappa shape index (κ3) is 1.54. The van der Waals surface area contributed by atoms with Gasteiger partial charge in [-0.05, 0) is 19.4 Å². The Labute approximate surface area is 77.2 Å². The van der Waals surface area contributed by atoms with Crippen LogP contribution in [0.2, 0.25) is 0 Å². The minimum Gasteiger partial charge on any atom is -0.356 e. The number of hydrogen-bond donors (Lipinski definition) is 1. The standard InChI is InChI=1S/C10H13NO2/c1-4-9(13)10-6(2)8(5-12)11-7(10)3/h5,11H,4H2,1-3H3. The van der Waals surface area contributed by atoms with E-state index in [9.17, 15) is 9.59 Å². The van der Waals surface area contributed by atoms with E-state index in [2.05, 4.69) is 4.98 Å². The van der Waals surface area contributed by atoms with Crippen molar-refractivity contribution < 1.29 is 9.59 Å². The maximum Gasteiger partial charge on any atom is 0.166 e. The number of aromatic amines is 1. The molecule has 1 aromatic rings. The second-order valence-electron chi connectivity index (χ2n) is 3.06. The summed E-state index contributed by atoms with van der Waals surface area (Å²) in [6.45, 7) is 5.41. The Bertz CT molecular complexity index is 350. The van der Waals surface area contributed by atoms with Crippen LogP contribution in [0.1, 0.15) is 45.4 Å². The van der Waals surface area contributed by atoms with Crippen LogP contribution in [0.5, 0.6) is 0 Å². The van der Waals surface area contributed by atoms with Crippen molar-refractivity contribution in [1.82, 2.24) is 4.98 Å². The number of rotatable bonds is 3. The molecule has 0 spiro atoms. The van der Waals surface area contributed by atoms with E-state index in [-0.39, 0.29) is 5.78 Å². The molecule has 0 saturated carbocycles. The Kier molecular flexibility index (Phi) is 2.66. The summed E-state index contributed by atoms with van der Waals surface area (Å²) in [6.07, 6.45) is 1.21. The molecule has 0 bridgehead atoms. The molecule has 0 aliphatic heterocycles. The number of ketones is 1. The van der Waals surface area contributed by atoms with Crippen molar-refractivity contribution >= 4 is 12.1 Å². The zero-order chi connectivity index (χ0) is 10.0. The minimum absolute atomic E-state index is 0.0827. The number of Topliss-reactive ketones (excluding diaryl/α,β-unsaturated/α-hetero) is 1. The Morgan fingerprint density at radius 2 is 2.08 bits per heavy atom. The predicted molar refractivity (Wildman–Crippen MR) is 50.3 cm³/mol. The first-order chi connectivity index (χ1) is 6.11. The van der Waals surface area contributed by atoms with Crippen LogP contribution in [-0.4, -0.2) is 17.1 Å². The van der Waals surface area contributed by atoms with Crippen LogP contribution < -0.4 is 0 Å². The summed E-state index contributed by atoms with van der Waals surface area (Å²) in [6, 6.07) is 0. The maximum absolute atomic E-state index is 11.4. The molecule has 0 aliphatic carbocycles. The first kappa shape index (κ1) is 9.71. The van der Waals surface area contributed by atoms with E-state index < -0.39 is 0 Å². The highest BCUT2D eigenvalue weighted by atomic mass is 16.1. The van der Waals surface area contributed by atoms with Gasteiger partial charge in [-0.1, -0.05) is 6.92 Å². The third-order valence-electron chi connectivity index (χ3n) is 2.19. The van der Waals surface area contributed by atoms with Crippen LogP contribution in [0.25, 0.3) is 0 Å². The van der Waals surface area contributed by atoms with E-state index in [4.69, 9.17) is 0 Å². The summed E-state index contributed by atoms with van der Waals surface area (Å²) in [7, 11) is 0. The Balaban J connectivity index is 3.28. The molecule has 3 nitrogen and oxygen atoms in total. The smallest absolute Gasteiger partial charge is 0.166 e. The van der Waals surface area contributed by atoms with Crippen molar-refractivity contribution in [3.8, 4) is 0 Å². The lowest BCUT2D eigenvalue weighted by molar-refractivity contribution is 0.0987. The van der Waals surface area contributed by atoms with Crippen molar-refractivity contribution in [3.05, 3.63) is 22.5 Å². The van der Waals surface area contributed by atoms with Crippen LogP contribution in [-0.2, 0) is 0 Å². The normalized spacial score (nSPS) is 10.1. The highest BCUT2D eigenvalue weighted by Gasteiger charge is 2.15. The van der Waals surface area contributed by atoms with E-state index in [0.29, 0.717) is 17.7 Å². The monoisotopic (exact) mass is 179 g/mol. The van der Waals surface area contributed by atoms with Gasteiger partial charge in [0.05, 0.1) is 5.69 Å². The van der Waals surface area contributed by atoms with Crippen molar-refractivity contribution in [2.45, 2.75) is 27.2 Å². The van der Waals surface area contributed by atoms with E-state index in [0.717, 1.165) is 17.5 Å². The van der Waals surface area contributed by atoms with Crippen molar-refractivity contribution in [2.24, 2.45) is 0 Å². The van der Waals surface area contributed by atoms with Gasteiger partial charge in [-0.3, -0.25) is 9.59 Å². The van der Waals surface area contributed by atoms with E-state index in [1.54, 1.807) is 6.92 Å². The van der Waals surface area contributed by atoms with Gasteiger partial charge in [-0.2, -0.15) is 0 Å². The fraction of sp³-hybridized carbons (Fsp3) is 0.400. The molecule has 13 heavy (non-hydrogen) atoms. The highest BCUT2D eigenvalue weighted by Crippen LogP contribution is 2.17. The number of aryl methyl sites for hydroxylation is 1. The second kappa shape index (κ2) is 3.56. The number of aldehydes is 1. The molecule has 0 aromatic carbocycles. The quantitative estimate of drug-likeness (QED) is 0.570. The molecule has 0 unspecified atom stereocenters. The van der Waals surface area contributed by atoms with Crippen molar-refractivity contribution in [2.75, 3.05) is 0 Å². The largest absolute Gasteiger partial charge is 0.356 e. The zero-order valence-electron chi connectivity index (χ0n) is 8.10. The molecule has 0 saturated heterocycles. The van der Waals surface area contributed by atoms with Gasteiger partial charge in [0.15, 0.2) is 12.1 Å². The number of nitrogens with one attached hydrogen (secondary N) is 1. The van der Waals surface area contributed by atoms with E-state index in [1.165, 1.54) is 0 Å². The fourth-order valence-corrected chi connectivity index (χ4v) is 1.49. The van der Waals surface area contributed by atoms with E-state index >= 15 is 0 Å². The molecule has 0 amide bonds. The van der Waals surface area contributed by atoms with Gasteiger partial charge in [-0.15, -0.1) is 0 Å². The summed E-state index contributed by atoms with van der Waals surface area (Å²) in [5, 5.41) is 0. The predicted octanol–water partition coefficient (Wildman–Crippen LogP) is 2.04. The van der Waals surface area contributed by atoms with Gasteiger partial charge in [0.2, 0.25) is 0 Å². The Hall–Kier alpha value is -1.38. The summed E-state index contributed by atoms with van der Waals surface area (Å²) >= 11 is 0. The summed E-state index contributed by atoms with van der Waals surface area (Å²) in [5.74, 6) is 0.0827. The first-order valence-electron chi connectivity index (χ1n) is 4.29. The first-order valence-corrected chi connectivity index (χ1v) is 4.29. The minimum atomic E-state index is 0.0827. The average molecular weight is 179 g/mol. The molecule has 0 atom stereocenters. The van der Waals surface area contributed by atoms with E-state index in [1.807, 2.05) is 13.8 Å². The lowest BCUT2D eigenvalue weighted by atomic mass is 10.0. The average Bonchev–Trinajstić information content (AvgIpc) is 2.40. The molecule has 1 heterocycles. The van der Waals surface area contributed by atoms with Crippen LogP contribution >= 0.6 is 0 Å². The molecular weight excluding hydrogens is 166 g/mol. The second-order valence-corrected chi connectivity index (χ2v) is 3.06. The number of aromatic nitrogens is 1.